The molecule has 1 saturated heterocycles. The Morgan fingerprint density at radius 2 is 2.00 bits per heavy atom. The lowest BCUT2D eigenvalue weighted by atomic mass is 9.81. The highest BCUT2D eigenvalue weighted by Gasteiger charge is 2.36. The minimum Gasteiger partial charge on any atom is -0.396 e. The lowest BCUT2D eigenvalue weighted by molar-refractivity contribution is 0.122. The standard InChI is InChI=1S/C16H33N3O/c1-2-19-10-5-8-16(13-17,9-11-19)18-15-7-4-3-6-14(15)12-20/h14-15,18,20H,2-13,17H2,1H3. The van der Waals surface area contributed by atoms with Gasteiger partial charge in [0.05, 0.1) is 0 Å². The maximum Gasteiger partial charge on any atom is 0.0474 e. The van der Waals surface area contributed by atoms with Crippen LogP contribution in [0.5, 0.6) is 0 Å². The fourth-order valence-electron chi connectivity index (χ4n) is 3.98. The summed E-state index contributed by atoms with van der Waals surface area (Å²) in [6.07, 6.45) is 8.47. The molecule has 2 rings (SSSR count). The number of aliphatic hydroxyl groups excluding tert-OH is 1. The zero-order valence-electron chi connectivity index (χ0n) is 13.1. The fraction of sp³-hybridized carbons (Fsp3) is 1.00. The first kappa shape index (κ1) is 16.2. The number of nitrogens with one attached hydrogen (secondary N) is 1. The van der Waals surface area contributed by atoms with Crippen LogP contribution in [0, 0.1) is 5.92 Å². The number of nitrogens with two attached hydrogens (primary N) is 1. The van der Waals surface area contributed by atoms with Crippen molar-refractivity contribution >= 4 is 0 Å². The first-order valence-corrected chi connectivity index (χ1v) is 8.54. The van der Waals surface area contributed by atoms with Gasteiger partial charge in [0.15, 0.2) is 0 Å². The molecule has 3 unspecified atom stereocenters. The van der Waals surface area contributed by atoms with Gasteiger partial charge in [0, 0.05) is 24.7 Å². The summed E-state index contributed by atoms with van der Waals surface area (Å²) in [4.78, 5) is 2.53. The maximum atomic E-state index is 9.60. The molecule has 0 radical (unpaired) electrons. The number of aliphatic hydroxyl groups is 1. The molecule has 4 N–H and O–H groups in total. The molecule has 4 nitrogen and oxygen atoms in total. The van der Waals surface area contributed by atoms with Gasteiger partial charge in [0.25, 0.3) is 0 Å². The van der Waals surface area contributed by atoms with Gasteiger partial charge in [-0.1, -0.05) is 19.8 Å². The van der Waals surface area contributed by atoms with Crippen LogP contribution in [-0.4, -0.2) is 54.4 Å². The summed E-state index contributed by atoms with van der Waals surface area (Å²) in [6, 6.07) is 0.463. The van der Waals surface area contributed by atoms with E-state index in [4.69, 9.17) is 5.73 Å². The summed E-state index contributed by atoms with van der Waals surface area (Å²) in [5.41, 5.74) is 6.25. The van der Waals surface area contributed by atoms with Gasteiger partial charge in [-0.3, -0.25) is 0 Å². The largest absolute Gasteiger partial charge is 0.396 e. The predicted octanol–water partition coefficient (Wildman–Crippen LogP) is 1.33. The van der Waals surface area contributed by atoms with E-state index in [9.17, 15) is 5.11 Å². The Morgan fingerprint density at radius 1 is 1.20 bits per heavy atom. The topological polar surface area (TPSA) is 61.5 Å². The third kappa shape index (κ3) is 3.94. The molecule has 0 spiro atoms. The zero-order valence-corrected chi connectivity index (χ0v) is 13.1. The van der Waals surface area contributed by atoms with Crippen LogP contribution in [0.2, 0.25) is 0 Å². The third-order valence-corrected chi connectivity index (χ3v) is 5.51. The van der Waals surface area contributed by atoms with Crippen molar-refractivity contribution in [1.29, 1.82) is 0 Å². The molecule has 1 aliphatic heterocycles. The molecule has 118 valence electrons. The number of hydrogen-bond acceptors (Lipinski definition) is 4. The Labute approximate surface area is 124 Å². The van der Waals surface area contributed by atoms with Gasteiger partial charge in [0.2, 0.25) is 0 Å². The second-order valence-electron chi connectivity index (χ2n) is 6.75. The molecule has 2 fully saturated rings. The Kier molecular flexibility index (Phi) is 6.27. The molecular weight excluding hydrogens is 250 g/mol. The molecule has 2 aliphatic rings. The zero-order chi connectivity index (χ0) is 14.4. The Bertz CT molecular complexity index is 287. The van der Waals surface area contributed by atoms with E-state index in [1.54, 1.807) is 0 Å². The van der Waals surface area contributed by atoms with Crippen molar-refractivity contribution in [2.24, 2.45) is 11.7 Å². The van der Waals surface area contributed by atoms with Gasteiger partial charge in [0.1, 0.15) is 0 Å². The van der Waals surface area contributed by atoms with Crippen LogP contribution in [0.4, 0.5) is 0 Å². The minimum absolute atomic E-state index is 0.0966. The molecular formula is C16H33N3O. The average molecular weight is 283 g/mol. The molecule has 0 amide bonds. The Balaban J connectivity index is 1.99. The second-order valence-corrected chi connectivity index (χ2v) is 6.75. The molecule has 0 aromatic carbocycles. The summed E-state index contributed by atoms with van der Waals surface area (Å²) in [6.45, 7) is 6.78. The second kappa shape index (κ2) is 7.74. The van der Waals surface area contributed by atoms with Gasteiger partial charge in [-0.25, -0.2) is 0 Å². The SMILES string of the molecule is CCN1CCCC(CN)(NC2CCCCC2CO)CC1. The number of nitrogens with zero attached hydrogens (tertiary/aromatic N) is 1. The van der Waals surface area contributed by atoms with Gasteiger partial charge in [-0.2, -0.15) is 0 Å². The molecule has 0 bridgehead atoms. The van der Waals surface area contributed by atoms with Crippen molar-refractivity contribution < 1.29 is 5.11 Å². The van der Waals surface area contributed by atoms with E-state index < -0.39 is 0 Å². The summed E-state index contributed by atoms with van der Waals surface area (Å²) in [7, 11) is 0. The number of likely N-dealkylation sites (tertiary alicyclic amines) is 1. The van der Waals surface area contributed by atoms with E-state index in [1.807, 2.05) is 0 Å². The molecule has 20 heavy (non-hydrogen) atoms. The van der Waals surface area contributed by atoms with Gasteiger partial charge >= 0.3 is 0 Å². The van der Waals surface area contributed by atoms with E-state index in [2.05, 4.69) is 17.1 Å². The highest BCUT2D eigenvalue weighted by atomic mass is 16.3. The Morgan fingerprint density at radius 3 is 2.70 bits per heavy atom. The highest BCUT2D eigenvalue weighted by molar-refractivity contribution is 4.96. The highest BCUT2D eigenvalue weighted by Crippen LogP contribution is 2.29. The van der Waals surface area contributed by atoms with Crippen LogP contribution >= 0.6 is 0 Å². The molecule has 0 aromatic heterocycles. The number of rotatable bonds is 5. The fourth-order valence-corrected chi connectivity index (χ4v) is 3.98. The average Bonchev–Trinajstić information content (AvgIpc) is 2.70. The van der Waals surface area contributed by atoms with E-state index >= 15 is 0 Å². The van der Waals surface area contributed by atoms with Crippen LogP contribution in [0.3, 0.4) is 0 Å². The monoisotopic (exact) mass is 283 g/mol. The molecule has 3 atom stereocenters. The van der Waals surface area contributed by atoms with Crippen molar-refractivity contribution in [1.82, 2.24) is 10.2 Å². The smallest absolute Gasteiger partial charge is 0.0474 e. The first-order chi connectivity index (χ1) is 9.73. The van der Waals surface area contributed by atoms with Crippen LogP contribution < -0.4 is 11.1 Å². The lowest BCUT2D eigenvalue weighted by Crippen LogP contribution is -2.58. The lowest BCUT2D eigenvalue weighted by Gasteiger charge is -2.41. The van der Waals surface area contributed by atoms with Crippen LogP contribution in [0.25, 0.3) is 0 Å². The maximum absolute atomic E-state index is 9.60. The van der Waals surface area contributed by atoms with Crippen LogP contribution in [0.1, 0.15) is 51.9 Å². The van der Waals surface area contributed by atoms with Crippen molar-refractivity contribution in [2.45, 2.75) is 63.5 Å². The van der Waals surface area contributed by atoms with E-state index in [1.165, 1.54) is 38.6 Å². The van der Waals surface area contributed by atoms with E-state index in [0.717, 1.165) is 32.5 Å². The molecule has 1 heterocycles. The summed E-state index contributed by atoms with van der Waals surface area (Å²) in [5, 5.41) is 13.5. The van der Waals surface area contributed by atoms with E-state index in [-0.39, 0.29) is 5.54 Å². The molecule has 1 saturated carbocycles. The summed E-state index contributed by atoms with van der Waals surface area (Å²) < 4.78 is 0. The number of hydrogen-bond donors (Lipinski definition) is 3. The van der Waals surface area contributed by atoms with Gasteiger partial charge in [-0.05, 0) is 57.7 Å². The van der Waals surface area contributed by atoms with Crippen molar-refractivity contribution in [3.05, 3.63) is 0 Å². The van der Waals surface area contributed by atoms with Gasteiger partial charge in [-0.15, -0.1) is 0 Å². The third-order valence-electron chi connectivity index (χ3n) is 5.51. The summed E-state index contributed by atoms with van der Waals surface area (Å²) in [5.74, 6) is 0.428. The predicted molar refractivity (Wildman–Crippen MR) is 83.7 cm³/mol. The Hall–Kier alpha value is -0.160. The van der Waals surface area contributed by atoms with Crippen LogP contribution in [0.15, 0.2) is 0 Å². The quantitative estimate of drug-likeness (QED) is 0.712. The minimum atomic E-state index is 0.0966. The van der Waals surface area contributed by atoms with Gasteiger partial charge < -0.3 is 21.1 Å². The van der Waals surface area contributed by atoms with E-state index in [0.29, 0.717) is 18.6 Å². The van der Waals surface area contributed by atoms with Crippen molar-refractivity contribution in [3.63, 3.8) is 0 Å². The molecule has 1 aliphatic carbocycles. The van der Waals surface area contributed by atoms with Crippen LogP contribution in [-0.2, 0) is 0 Å². The normalized spacial score (nSPS) is 36.8. The molecule has 0 aromatic rings. The van der Waals surface area contributed by atoms with Crippen molar-refractivity contribution in [3.8, 4) is 0 Å². The van der Waals surface area contributed by atoms with Crippen molar-refractivity contribution in [2.75, 3.05) is 32.8 Å². The first-order valence-electron chi connectivity index (χ1n) is 8.54. The summed E-state index contributed by atoms with van der Waals surface area (Å²) >= 11 is 0. The molecule has 4 heteroatoms.